The quantitative estimate of drug-likeness (QED) is 0.455. The van der Waals surface area contributed by atoms with E-state index in [-0.39, 0.29) is 6.10 Å². The maximum absolute atomic E-state index is 6.01. The molecule has 0 spiro atoms. The highest BCUT2D eigenvalue weighted by molar-refractivity contribution is 5.79. The fourth-order valence-electron chi connectivity index (χ4n) is 3.09. The second kappa shape index (κ2) is 12.0. The van der Waals surface area contributed by atoms with Crippen molar-refractivity contribution in [1.82, 2.24) is 15.6 Å². The van der Waals surface area contributed by atoms with Crippen LogP contribution in [-0.4, -0.2) is 43.4 Å². The fraction of sp³-hybridized carbons (Fsp3) is 0.478. The summed E-state index contributed by atoms with van der Waals surface area (Å²) in [5.41, 5.74) is 0.915. The Kier molecular flexibility index (Phi) is 8.78. The molecule has 0 aliphatic carbocycles. The van der Waals surface area contributed by atoms with Crippen LogP contribution in [0.25, 0.3) is 0 Å². The van der Waals surface area contributed by atoms with Crippen LogP contribution in [0.5, 0.6) is 17.4 Å². The summed E-state index contributed by atoms with van der Waals surface area (Å²) < 4.78 is 17.3. The van der Waals surface area contributed by atoms with Crippen molar-refractivity contribution in [2.24, 2.45) is 4.99 Å². The predicted molar refractivity (Wildman–Crippen MR) is 118 cm³/mol. The van der Waals surface area contributed by atoms with E-state index in [9.17, 15) is 0 Å². The van der Waals surface area contributed by atoms with Crippen LogP contribution >= 0.6 is 0 Å². The maximum Gasteiger partial charge on any atom is 0.224 e. The molecule has 1 aliphatic rings. The summed E-state index contributed by atoms with van der Waals surface area (Å²) in [6.45, 7) is 7.70. The molecule has 3 rings (SSSR count). The largest absolute Gasteiger partial charge is 0.494 e. The molecule has 0 bridgehead atoms. The van der Waals surface area contributed by atoms with Gasteiger partial charge in [-0.05, 0) is 56.5 Å². The highest BCUT2D eigenvalue weighted by Crippen LogP contribution is 2.25. The number of aromatic nitrogens is 1. The van der Waals surface area contributed by atoms with E-state index in [1.54, 1.807) is 6.20 Å². The molecule has 162 valence electrons. The minimum absolute atomic E-state index is 0.260. The third kappa shape index (κ3) is 6.91. The van der Waals surface area contributed by atoms with E-state index in [0.717, 1.165) is 56.2 Å². The molecule has 2 N–H and O–H groups in total. The lowest BCUT2D eigenvalue weighted by Crippen LogP contribution is -2.41. The molecule has 0 amide bonds. The van der Waals surface area contributed by atoms with E-state index in [2.05, 4.69) is 29.5 Å². The summed E-state index contributed by atoms with van der Waals surface area (Å²) in [6, 6.07) is 11.5. The van der Waals surface area contributed by atoms with Gasteiger partial charge < -0.3 is 24.8 Å². The summed E-state index contributed by atoms with van der Waals surface area (Å²) in [4.78, 5) is 9.09. The van der Waals surface area contributed by atoms with Gasteiger partial charge >= 0.3 is 0 Å². The molecule has 0 saturated carbocycles. The monoisotopic (exact) mass is 412 g/mol. The van der Waals surface area contributed by atoms with Crippen molar-refractivity contribution in [2.45, 2.75) is 45.8 Å². The third-order valence-electron chi connectivity index (χ3n) is 4.63. The number of hydrogen-bond donors (Lipinski definition) is 2. The zero-order chi connectivity index (χ0) is 21.0. The minimum Gasteiger partial charge on any atom is -0.494 e. The van der Waals surface area contributed by atoms with Gasteiger partial charge in [-0.1, -0.05) is 13.0 Å². The van der Waals surface area contributed by atoms with Crippen LogP contribution in [0.3, 0.4) is 0 Å². The standard InChI is InChI=1S/C23H32N4O3/c1-3-14-28-19-9-11-20(12-10-19)30-22-18(7-5-13-25-22)16-26-23(24-4-2)27-17-21-8-6-15-29-21/h5,7,9-13,21H,3-4,6,8,14-17H2,1-2H3,(H2,24,26,27). The molecule has 1 unspecified atom stereocenters. The number of guanidine groups is 1. The predicted octanol–water partition coefficient (Wildman–Crippen LogP) is 3.90. The highest BCUT2D eigenvalue weighted by Gasteiger charge is 2.15. The number of benzene rings is 1. The van der Waals surface area contributed by atoms with Crippen molar-refractivity contribution in [2.75, 3.05) is 26.3 Å². The molecule has 7 nitrogen and oxygen atoms in total. The molecule has 1 fully saturated rings. The molecule has 0 radical (unpaired) electrons. The van der Waals surface area contributed by atoms with Crippen molar-refractivity contribution < 1.29 is 14.2 Å². The average Bonchev–Trinajstić information content (AvgIpc) is 3.30. The first-order valence-corrected chi connectivity index (χ1v) is 10.8. The van der Waals surface area contributed by atoms with E-state index < -0.39 is 0 Å². The van der Waals surface area contributed by atoms with Gasteiger partial charge in [0.15, 0.2) is 5.96 Å². The van der Waals surface area contributed by atoms with Crippen LogP contribution in [0.4, 0.5) is 0 Å². The van der Waals surface area contributed by atoms with Crippen molar-refractivity contribution in [3.63, 3.8) is 0 Å². The topological polar surface area (TPSA) is 77.0 Å². The maximum atomic E-state index is 6.01. The first-order valence-electron chi connectivity index (χ1n) is 10.8. The zero-order valence-corrected chi connectivity index (χ0v) is 17.9. The van der Waals surface area contributed by atoms with Gasteiger partial charge in [-0.25, -0.2) is 9.98 Å². The first-order chi connectivity index (χ1) is 14.8. The van der Waals surface area contributed by atoms with Crippen molar-refractivity contribution in [3.8, 4) is 17.4 Å². The van der Waals surface area contributed by atoms with E-state index >= 15 is 0 Å². The average molecular weight is 413 g/mol. The SMILES string of the molecule is CCCOc1ccc(Oc2ncccc2CN=C(NCC)NCC2CCCO2)cc1. The smallest absolute Gasteiger partial charge is 0.224 e. The van der Waals surface area contributed by atoms with Gasteiger partial charge in [0.2, 0.25) is 5.88 Å². The normalized spacial score (nSPS) is 16.3. The molecular weight excluding hydrogens is 380 g/mol. The molecule has 1 aromatic heterocycles. The number of nitrogens with one attached hydrogen (secondary N) is 2. The van der Waals surface area contributed by atoms with Crippen LogP contribution in [0, 0.1) is 0 Å². The molecule has 1 saturated heterocycles. The third-order valence-corrected chi connectivity index (χ3v) is 4.63. The summed E-state index contributed by atoms with van der Waals surface area (Å²) in [7, 11) is 0. The second-order valence-electron chi connectivity index (χ2n) is 7.10. The lowest BCUT2D eigenvalue weighted by atomic mass is 10.2. The van der Waals surface area contributed by atoms with Gasteiger partial charge in [-0.2, -0.15) is 0 Å². The second-order valence-corrected chi connectivity index (χ2v) is 7.10. The molecule has 1 atom stereocenters. The van der Waals surface area contributed by atoms with Crippen LogP contribution < -0.4 is 20.1 Å². The highest BCUT2D eigenvalue weighted by atomic mass is 16.5. The molecule has 1 aromatic carbocycles. The van der Waals surface area contributed by atoms with Gasteiger partial charge in [0, 0.05) is 31.5 Å². The zero-order valence-electron chi connectivity index (χ0n) is 17.9. The van der Waals surface area contributed by atoms with E-state index in [0.29, 0.717) is 24.8 Å². The van der Waals surface area contributed by atoms with Crippen LogP contribution in [-0.2, 0) is 11.3 Å². The lowest BCUT2D eigenvalue weighted by Gasteiger charge is -2.15. The van der Waals surface area contributed by atoms with Gasteiger partial charge in [0.25, 0.3) is 0 Å². The molecule has 2 heterocycles. The number of pyridine rings is 1. The number of rotatable bonds is 10. The Labute approximate surface area is 178 Å². The van der Waals surface area contributed by atoms with Gasteiger partial charge in [0.1, 0.15) is 11.5 Å². The Balaban J connectivity index is 1.62. The molecule has 1 aliphatic heterocycles. The summed E-state index contributed by atoms with van der Waals surface area (Å²) in [5, 5.41) is 6.64. The number of ether oxygens (including phenoxy) is 3. The Bertz CT molecular complexity index is 789. The van der Waals surface area contributed by atoms with Crippen molar-refractivity contribution >= 4 is 5.96 Å². The summed E-state index contributed by atoms with van der Waals surface area (Å²) in [5.74, 6) is 2.87. The number of nitrogens with zero attached hydrogens (tertiary/aromatic N) is 2. The first kappa shape index (κ1) is 21.9. The number of hydrogen-bond acceptors (Lipinski definition) is 5. The molecular formula is C23H32N4O3. The molecule has 30 heavy (non-hydrogen) atoms. The molecule has 2 aromatic rings. The Hall–Kier alpha value is -2.80. The van der Waals surface area contributed by atoms with Crippen molar-refractivity contribution in [3.05, 3.63) is 48.2 Å². The van der Waals surface area contributed by atoms with Gasteiger partial charge in [0.05, 0.1) is 19.3 Å². The minimum atomic E-state index is 0.260. The van der Waals surface area contributed by atoms with Crippen LogP contribution in [0.15, 0.2) is 47.6 Å². The summed E-state index contributed by atoms with van der Waals surface area (Å²) >= 11 is 0. The number of aliphatic imine (C=N–C) groups is 1. The van der Waals surface area contributed by atoms with Gasteiger partial charge in [-0.3, -0.25) is 0 Å². The van der Waals surface area contributed by atoms with Crippen LogP contribution in [0.1, 0.15) is 38.7 Å². The van der Waals surface area contributed by atoms with Crippen molar-refractivity contribution in [1.29, 1.82) is 0 Å². The van der Waals surface area contributed by atoms with E-state index in [1.807, 2.05) is 36.4 Å². The van der Waals surface area contributed by atoms with Crippen LogP contribution in [0.2, 0.25) is 0 Å². The van der Waals surface area contributed by atoms with Gasteiger partial charge in [-0.15, -0.1) is 0 Å². The molecule has 7 heteroatoms. The Morgan fingerprint density at radius 2 is 2.00 bits per heavy atom. The fourth-order valence-corrected chi connectivity index (χ4v) is 3.09. The van der Waals surface area contributed by atoms with E-state index in [1.165, 1.54) is 0 Å². The Morgan fingerprint density at radius 1 is 1.17 bits per heavy atom. The van der Waals surface area contributed by atoms with E-state index in [4.69, 9.17) is 19.2 Å². The summed E-state index contributed by atoms with van der Waals surface area (Å²) in [6.07, 6.45) is 5.18. The lowest BCUT2D eigenvalue weighted by molar-refractivity contribution is 0.114. The Morgan fingerprint density at radius 3 is 2.73 bits per heavy atom.